The predicted molar refractivity (Wildman–Crippen MR) is 124 cm³/mol. The maximum atomic E-state index is 12.2. The van der Waals surface area contributed by atoms with Crippen molar-refractivity contribution in [3.63, 3.8) is 0 Å². The molecule has 0 fully saturated rings. The van der Waals surface area contributed by atoms with Crippen LogP contribution in [0.15, 0.2) is 35.3 Å². The van der Waals surface area contributed by atoms with E-state index in [9.17, 15) is 8.42 Å². The van der Waals surface area contributed by atoms with Crippen LogP contribution in [0.5, 0.6) is 0 Å². The van der Waals surface area contributed by atoms with Gasteiger partial charge in [-0.15, -0.1) is 35.3 Å². The van der Waals surface area contributed by atoms with E-state index in [4.69, 9.17) is 0 Å². The number of hydrogen-bond acceptors (Lipinski definition) is 5. The first-order valence-corrected chi connectivity index (χ1v) is 11.1. The Morgan fingerprint density at radius 2 is 1.89 bits per heavy atom. The summed E-state index contributed by atoms with van der Waals surface area (Å²) < 4.78 is 24.4. The van der Waals surface area contributed by atoms with E-state index in [-0.39, 0.29) is 35.5 Å². The lowest BCUT2D eigenvalue weighted by Gasteiger charge is -2.11. The van der Waals surface area contributed by atoms with Crippen molar-refractivity contribution in [3.8, 4) is 0 Å². The average molecular weight is 522 g/mol. The standard InChI is InChI=1S/C18H26N4O2S2.HI/c1-14-17(25-15(2)22-14)12-21-18(19-3)20-10-7-11-26(23,24)13-16-8-5-4-6-9-16;/h4-6,8-9H,7,10-13H2,1-3H3,(H2,19,20,21);1H. The number of aryl methyl sites for hydroxylation is 2. The summed E-state index contributed by atoms with van der Waals surface area (Å²) in [6.45, 7) is 5.19. The van der Waals surface area contributed by atoms with Crippen molar-refractivity contribution >= 4 is 51.1 Å². The molecule has 27 heavy (non-hydrogen) atoms. The number of guanidine groups is 1. The third kappa shape index (κ3) is 8.56. The molecule has 1 aromatic heterocycles. The van der Waals surface area contributed by atoms with E-state index in [1.807, 2.05) is 44.2 Å². The Morgan fingerprint density at radius 1 is 1.19 bits per heavy atom. The number of benzene rings is 1. The molecule has 6 nitrogen and oxygen atoms in total. The molecule has 0 amide bonds. The van der Waals surface area contributed by atoms with E-state index in [0.29, 0.717) is 25.5 Å². The zero-order valence-corrected chi connectivity index (χ0v) is 19.8. The lowest BCUT2D eigenvalue weighted by molar-refractivity contribution is 0.591. The van der Waals surface area contributed by atoms with Crippen LogP contribution >= 0.6 is 35.3 Å². The largest absolute Gasteiger partial charge is 0.356 e. The molecule has 0 unspecified atom stereocenters. The van der Waals surface area contributed by atoms with Gasteiger partial charge in [0.15, 0.2) is 15.8 Å². The van der Waals surface area contributed by atoms with E-state index >= 15 is 0 Å². The molecule has 0 spiro atoms. The van der Waals surface area contributed by atoms with Crippen LogP contribution in [0.1, 0.15) is 27.6 Å². The van der Waals surface area contributed by atoms with Gasteiger partial charge in [-0.05, 0) is 25.8 Å². The van der Waals surface area contributed by atoms with Gasteiger partial charge >= 0.3 is 0 Å². The third-order valence-corrected chi connectivity index (χ3v) is 6.55. The first kappa shape index (κ1) is 23.8. The van der Waals surface area contributed by atoms with Crippen LogP contribution in [-0.4, -0.2) is 38.7 Å². The fourth-order valence-electron chi connectivity index (χ4n) is 2.52. The number of sulfone groups is 1. The van der Waals surface area contributed by atoms with Gasteiger partial charge in [-0.2, -0.15) is 0 Å². The Bertz CT molecular complexity index is 836. The first-order chi connectivity index (χ1) is 12.4. The molecule has 2 aromatic rings. The number of rotatable bonds is 8. The molecular weight excluding hydrogens is 495 g/mol. The molecule has 0 aliphatic heterocycles. The molecule has 1 aromatic carbocycles. The molecule has 0 atom stereocenters. The minimum absolute atomic E-state index is 0. The lowest BCUT2D eigenvalue weighted by Crippen LogP contribution is -2.37. The topological polar surface area (TPSA) is 83.5 Å². The number of nitrogens with zero attached hydrogens (tertiary/aromatic N) is 2. The molecule has 0 radical (unpaired) electrons. The summed E-state index contributed by atoms with van der Waals surface area (Å²) in [5.74, 6) is 0.903. The summed E-state index contributed by atoms with van der Waals surface area (Å²) in [6, 6.07) is 9.27. The molecule has 0 bridgehead atoms. The van der Waals surface area contributed by atoms with Crippen molar-refractivity contribution in [2.45, 2.75) is 32.6 Å². The van der Waals surface area contributed by atoms with E-state index in [0.717, 1.165) is 16.3 Å². The first-order valence-electron chi connectivity index (χ1n) is 8.51. The van der Waals surface area contributed by atoms with Crippen molar-refractivity contribution in [2.24, 2.45) is 4.99 Å². The van der Waals surface area contributed by atoms with Gasteiger partial charge in [0, 0.05) is 18.5 Å². The lowest BCUT2D eigenvalue weighted by atomic mass is 10.2. The maximum Gasteiger partial charge on any atom is 0.191 e. The summed E-state index contributed by atoms with van der Waals surface area (Å²) in [7, 11) is -1.40. The van der Waals surface area contributed by atoms with Crippen molar-refractivity contribution in [3.05, 3.63) is 51.5 Å². The molecule has 150 valence electrons. The van der Waals surface area contributed by atoms with Crippen LogP contribution in [0.4, 0.5) is 0 Å². The molecule has 2 N–H and O–H groups in total. The van der Waals surface area contributed by atoms with Gasteiger partial charge in [-0.3, -0.25) is 4.99 Å². The van der Waals surface area contributed by atoms with Gasteiger partial charge in [-0.25, -0.2) is 13.4 Å². The summed E-state index contributed by atoms with van der Waals surface area (Å²) >= 11 is 1.66. The zero-order chi connectivity index (χ0) is 19.0. The smallest absolute Gasteiger partial charge is 0.191 e. The third-order valence-electron chi connectivity index (χ3n) is 3.79. The van der Waals surface area contributed by atoms with Crippen LogP contribution in [0.3, 0.4) is 0 Å². The quantitative estimate of drug-likeness (QED) is 0.241. The Morgan fingerprint density at radius 3 is 2.48 bits per heavy atom. The molecule has 1 heterocycles. The number of thiazole rings is 1. The fraction of sp³-hybridized carbons (Fsp3) is 0.444. The molecule has 0 aliphatic carbocycles. The zero-order valence-electron chi connectivity index (χ0n) is 15.9. The summed E-state index contributed by atoms with van der Waals surface area (Å²) in [5.41, 5.74) is 1.86. The highest BCUT2D eigenvalue weighted by Gasteiger charge is 2.12. The monoisotopic (exact) mass is 522 g/mol. The van der Waals surface area contributed by atoms with E-state index < -0.39 is 9.84 Å². The minimum Gasteiger partial charge on any atom is -0.356 e. The highest BCUT2D eigenvalue weighted by molar-refractivity contribution is 14.0. The second-order valence-corrected chi connectivity index (χ2v) is 9.50. The Hall–Kier alpha value is -1.20. The average Bonchev–Trinajstić information content (AvgIpc) is 2.92. The summed E-state index contributed by atoms with van der Waals surface area (Å²) in [5, 5.41) is 7.45. The van der Waals surface area contributed by atoms with Crippen LogP contribution in [0.25, 0.3) is 0 Å². The normalized spacial score (nSPS) is 11.7. The van der Waals surface area contributed by atoms with Gasteiger partial charge in [0.1, 0.15) is 0 Å². The van der Waals surface area contributed by atoms with Crippen molar-refractivity contribution in [1.29, 1.82) is 0 Å². The van der Waals surface area contributed by atoms with E-state index in [1.165, 1.54) is 4.88 Å². The second kappa shape index (κ2) is 11.6. The maximum absolute atomic E-state index is 12.2. The van der Waals surface area contributed by atoms with Gasteiger partial charge in [-0.1, -0.05) is 30.3 Å². The second-order valence-electron chi connectivity index (χ2n) is 6.03. The molecule has 9 heteroatoms. The number of nitrogens with one attached hydrogen (secondary N) is 2. The number of aromatic nitrogens is 1. The van der Waals surface area contributed by atoms with Gasteiger partial charge < -0.3 is 10.6 Å². The highest BCUT2D eigenvalue weighted by Crippen LogP contribution is 2.16. The predicted octanol–water partition coefficient (Wildman–Crippen LogP) is 3.05. The Labute approximate surface area is 182 Å². The number of aliphatic imine (C=N–C) groups is 1. The molecule has 0 saturated heterocycles. The summed E-state index contributed by atoms with van der Waals surface area (Å²) in [4.78, 5) is 9.75. The van der Waals surface area contributed by atoms with E-state index in [2.05, 4.69) is 20.6 Å². The van der Waals surface area contributed by atoms with Gasteiger partial charge in [0.05, 0.1) is 28.8 Å². The van der Waals surface area contributed by atoms with Crippen LogP contribution < -0.4 is 10.6 Å². The fourth-order valence-corrected chi connectivity index (χ4v) is 4.83. The number of hydrogen-bond donors (Lipinski definition) is 2. The summed E-state index contributed by atoms with van der Waals surface area (Å²) in [6.07, 6.45) is 0.536. The Balaban J connectivity index is 0.00000364. The minimum atomic E-state index is -3.10. The van der Waals surface area contributed by atoms with Gasteiger partial charge in [0.25, 0.3) is 0 Å². The van der Waals surface area contributed by atoms with Crippen LogP contribution in [-0.2, 0) is 22.1 Å². The Kier molecular flexibility index (Phi) is 10.2. The number of halogens is 1. The van der Waals surface area contributed by atoms with Crippen molar-refractivity contribution in [1.82, 2.24) is 15.6 Å². The van der Waals surface area contributed by atoms with Crippen molar-refractivity contribution in [2.75, 3.05) is 19.3 Å². The van der Waals surface area contributed by atoms with Crippen molar-refractivity contribution < 1.29 is 8.42 Å². The van der Waals surface area contributed by atoms with Crippen LogP contribution in [0, 0.1) is 13.8 Å². The van der Waals surface area contributed by atoms with Gasteiger partial charge in [0.2, 0.25) is 0 Å². The molecule has 0 aliphatic rings. The SMILES string of the molecule is CN=C(NCCCS(=O)(=O)Cc1ccccc1)NCc1sc(C)nc1C.I. The molecular formula is C18H27IN4O2S2. The molecule has 2 rings (SSSR count). The van der Waals surface area contributed by atoms with Crippen LogP contribution in [0.2, 0.25) is 0 Å². The molecule has 0 saturated carbocycles. The van der Waals surface area contributed by atoms with E-state index in [1.54, 1.807) is 18.4 Å². The highest BCUT2D eigenvalue weighted by atomic mass is 127.